The van der Waals surface area contributed by atoms with Crippen molar-refractivity contribution in [1.29, 1.82) is 0 Å². The Morgan fingerprint density at radius 2 is 1.96 bits per heavy atom. The molecule has 0 saturated heterocycles. The normalized spacial score (nSPS) is 13.7. The van der Waals surface area contributed by atoms with Gasteiger partial charge in [0.25, 0.3) is 0 Å². The van der Waals surface area contributed by atoms with Gasteiger partial charge in [-0.15, -0.1) is 11.3 Å². The molecule has 0 radical (unpaired) electrons. The van der Waals surface area contributed by atoms with Crippen LogP contribution in [0.15, 0.2) is 46.8 Å². The Kier molecular flexibility index (Phi) is 4.40. The summed E-state index contributed by atoms with van der Waals surface area (Å²) in [7, 11) is 0. The minimum atomic E-state index is 0.0647. The van der Waals surface area contributed by atoms with E-state index in [-0.39, 0.29) is 5.78 Å². The van der Waals surface area contributed by atoms with Crippen molar-refractivity contribution < 1.29 is 14.3 Å². The first kappa shape index (κ1) is 15.5. The molecule has 0 amide bonds. The molecular weight excluding hydrogens is 342 g/mol. The van der Waals surface area contributed by atoms with Crippen LogP contribution in [-0.2, 0) is 0 Å². The minimum absolute atomic E-state index is 0.0647. The summed E-state index contributed by atoms with van der Waals surface area (Å²) in [5, 5.41) is 0. The summed E-state index contributed by atoms with van der Waals surface area (Å²) < 4.78 is 13.3. The molecular formula is C18H15NO3S2. The Balaban J connectivity index is 1.47. The zero-order valence-corrected chi connectivity index (χ0v) is 14.5. The van der Waals surface area contributed by atoms with Gasteiger partial charge < -0.3 is 9.47 Å². The topological polar surface area (TPSA) is 48.4 Å². The summed E-state index contributed by atoms with van der Waals surface area (Å²) in [5.41, 5.74) is 1.63. The maximum Gasteiger partial charge on any atom is 0.173 e. The zero-order chi connectivity index (χ0) is 16.4. The summed E-state index contributed by atoms with van der Waals surface area (Å²) in [5.74, 6) is 1.79. The quantitative estimate of drug-likeness (QED) is 0.510. The van der Waals surface area contributed by atoms with E-state index in [1.165, 1.54) is 11.8 Å². The number of fused-ring (bicyclic) bond motifs is 2. The van der Waals surface area contributed by atoms with Crippen molar-refractivity contribution in [2.45, 2.75) is 10.8 Å². The number of carbonyl (C=O) groups is 1. The molecule has 0 unspecified atom stereocenters. The van der Waals surface area contributed by atoms with Crippen molar-refractivity contribution in [2.75, 3.05) is 19.0 Å². The number of thioether (sulfide) groups is 1. The fourth-order valence-corrected chi connectivity index (χ4v) is 4.42. The molecule has 24 heavy (non-hydrogen) atoms. The molecule has 0 spiro atoms. The lowest BCUT2D eigenvalue weighted by atomic mass is 10.1. The molecule has 0 N–H and O–H groups in total. The van der Waals surface area contributed by atoms with E-state index in [9.17, 15) is 4.79 Å². The summed E-state index contributed by atoms with van der Waals surface area (Å²) in [6.07, 6.45) is 0.853. The Bertz CT molecular complexity index is 858. The first-order chi connectivity index (χ1) is 11.8. The van der Waals surface area contributed by atoms with Crippen LogP contribution in [0.4, 0.5) is 0 Å². The van der Waals surface area contributed by atoms with Crippen LogP contribution < -0.4 is 9.47 Å². The lowest BCUT2D eigenvalue weighted by Gasteiger charge is -2.08. The lowest BCUT2D eigenvalue weighted by molar-refractivity contribution is 0.102. The molecule has 0 bridgehead atoms. The lowest BCUT2D eigenvalue weighted by Crippen LogP contribution is -2.03. The highest BCUT2D eigenvalue weighted by Gasteiger charge is 2.15. The van der Waals surface area contributed by atoms with Gasteiger partial charge in [0.2, 0.25) is 0 Å². The van der Waals surface area contributed by atoms with Gasteiger partial charge in [0.05, 0.1) is 29.2 Å². The van der Waals surface area contributed by atoms with E-state index in [1.54, 1.807) is 23.5 Å². The molecule has 4 rings (SSSR count). The van der Waals surface area contributed by atoms with Gasteiger partial charge in [0.1, 0.15) is 0 Å². The highest BCUT2D eigenvalue weighted by atomic mass is 32.2. The predicted molar refractivity (Wildman–Crippen MR) is 96.7 cm³/mol. The molecule has 6 heteroatoms. The number of hydrogen-bond acceptors (Lipinski definition) is 6. The van der Waals surface area contributed by atoms with Crippen molar-refractivity contribution in [3.8, 4) is 11.5 Å². The number of ketones is 1. The van der Waals surface area contributed by atoms with Gasteiger partial charge in [-0.25, -0.2) is 4.98 Å². The van der Waals surface area contributed by atoms with Gasteiger partial charge in [-0.3, -0.25) is 4.79 Å². The third-order valence-corrected chi connectivity index (χ3v) is 5.85. The van der Waals surface area contributed by atoms with Crippen LogP contribution in [0.5, 0.6) is 11.5 Å². The third kappa shape index (κ3) is 3.25. The molecule has 122 valence electrons. The zero-order valence-electron chi connectivity index (χ0n) is 12.9. The van der Waals surface area contributed by atoms with Gasteiger partial charge in [0, 0.05) is 12.0 Å². The highest BCUT2D eigenvalue weighted by molar-refractivity contribution is 8.01. The second-order valence-electron chi connectivity index (χ2n) is 5.37. The monoisotopic (exact) mass is 357 g/mol. The number of nitrogens with zero attached hydrogens (tertiary/aromatic N) is 1. The number of carbonyl (C=O) groups excluding carboxylic acids is 1. The molecule has 0 fully saturated rings. The number of para-hydroxylation sites is 1. The van der Waals surface area contributed by atoms with Crippen LogP contribution in [0.2, 0.25) is 0 Å². The second-order valence-corrected chi connectivity index (χ2v) is 7.62. The largest absolute Gasteiger partial charge is 0.490 e. The Morgan fingerprint density at radius 1 is 1.12 bits per heavy atom. The number of Topliss-reactive ketones (excluding diaryl/α,β-unsaturated/α-hetero) is 1. The van der Waals surface area contributed by atoms with Crippen molar-refractivity contribution in [2.24, 2.45) is 0 Å². The third-order valence-electron chi connectivity index (χ3n) is 3.67. The van der Waals surface area contributed by atoms with Crippen molar-refractivity contribution in [1.82, 2.24) is 4.98 Å². The Labute approximate surface area is 147 Å². The van der Waals surface area contributed by atoms with Crippen LogP contribution >= 0.6 is 23.1 Å². The van der Waals surface area contributed by atoms with Gasteiger partial charge in [-0.2, -0.15) is 0 Å². The number of thiazole rings is 1. The Morgan fingerprint density at radius 3 is 2.83 bits per heavy atom. The molecule has 1 aromatic heterocycles. The van der Waals surface area contributed by atoms with Crippen LogP contribution in [0.25, 0.3) is 10.2 Å². The van der Waals surface area contributed by atoms with E-state index in [1.807, 2.05) is 30.3 Å². The molecule has 1 aliphatic rings. The van der Waals surface area contributed by atoms with Gasteiger partial charge in [-0.05, 0) is 30.3 Å². The second kappa shape index (κ2) is 6.83. The number of ether oxygens (including phenoxy) is 2. The molecule has 0 aliphatic carbocycles. The van der Waals surface area contributed by atoms with Gasteiger partial charge in [0.15, 0.2) is 21.6 Å². The van der Waals surface area contributed by atoms with E-state index in [0.717, 1.165) is 21.0 Å². The molecule has 0 atom stereocenters. The maximum absolute atomic E-state index is 12.5. The summed E-state index contributed by atoms with van der Waals surface area (Å²) >= 11 is 3.09. The van der Waals surface area contributed by atoms with Crippen LogP contribution in [0, 0.1) is 0 Å². The molecule has 0 saturated carbocycles. The smallest absolute Gasteiger partial charge is 0.173 e. The number of hydrogen-bond donors (Lipinski definition) is 0. The average molecular weight is 357 g/mol. The fourth-order valence-electron chi connectivity index (χ4n) is 2.46. The van der Waals surface area contributed by atoms with Gasteiger partial charge in [-0.1, -0.05) is 23.9 Å². The first-order valence-electron chi connectivity index (χ1n) is 7.71. The van der Waals surface area contributed by atoms with Gasteiger partial charge >= 0.3 is 0 Å². The summed E-state index contributed by atoms with van der Waals surface area (Å²) in [6.45, 7) is 1.26. The van der Waals surface area contributed by atoms with E-state index < -0.39 is 0 Å². The van der Waals surface area contributed by atoms with E-state index in [4.69, 9.17) is 9.47 Å². The summed E-state index contributed by atoms with van der Waals surface area (Å²) in [4.78, 5) is 17.0. The molecule has 3 aromatic rings. The SMILES string of the molecule is O=C(CSc1nc2ccccc2s1)c1ccc2c(c1)OCCCO2. The average Bonchev–Trinajstić information content (AvgIpc) is 2.88. The number of benzene rings is 2. The molecule has 4 nitrogen and oxygen atoms in total. The van der Waals surface area contributed by atoms with E-state index >= 15 is 0 Å². The first-order valence-corrected chi connectivity index (χ1v) is 9.51. The standard InChI is InChI=1S/C18H15NO3S2/c20-14(11-23-18-19-13-4-1-2-5-17(13)24-18)12-6-7-15-16(10-12)22-9-3-8-21-15/h1-2,4-7,10H,3,8-9,11H2. The van der Waals surface area contributed by atoms with Crippen LogP contribution in [-0.4, -0.2) is 29.7 Å². The number of aromatic nitrogens is 1. The van der Waals surface area contributed by atoms with E-state index in [0.29, 0.717) is 36.0 Å². The Hall–Kier alpha value is -2.05. The van der Waals surface area contributed by atoms with Crippen LogP contribution in [0.1, 0.15) is 16.8 Å². The van der Waals surface area contributed by atoms with Crippen LogP contribution in [0.3, 0.4) is 0 Å². The van der Waals surface area contributed by atoms with Crippen molar-refractivity contribution in [3.63, 3.8) is 0 Å². The van der Waals surface area contributed by atoms with Crippen molar-refractivity contribution in [3.05, 3.63) is 48.0 Å². The van der Waals surface area contributed by atoms with E-state index in [2.05, 4.69) is 4.98 Å². The molecule has 1 aliphatic heterocycles. The predicted octanol–water partition coefficient (Wildman–Crippen LogP) is 4.43. The van der Waals surface area contributed by atoms with Crippen molar-refractivity contribution >= 4 is 39.1 Å². The maximum atomic E-state index is 12.5. The fraction of sp³-hybridized carbons (Fsp3) is 0.222. The highest BCUT2D eigenvalue weighted by Crippen LogP contribution is 2.32. The molecule has 2 aromatic carbocycles. The number of rotatable bonds is 4. The summed E-state index contributed by atoms with van der Waals surface area (Å²) in [6, 6.07) is 13.4. The molecule has 2 heterocycles. The minimum Gasteiger partial charge on any atom is -0.490 e.